The minimum absolute atomic E-state index is 0.483. The van der Waals surface area contributed by atoms with Crippen LogP contribution in [0.2, 0.25) is 0 Å². The first kappa shape index (κ1) is 15.7. The van der Waals surface area contributed by atoms with Crippen LogP contribution in [-0.4, -0.2) is 19.7 Å². The van der Waals surface area contributed by atoms with Gasteiger partial charge in [-0.2, -0.15) is 5.10 Å². The van der Waals surface area contributed by atoms with Gasteiger partial charge in [-0.05, 0) is 49.9 Å². The van der Waals surface area contributed by atoms with Crippen molar-refractivity contribution in [3.05, 3.63) is 42.0 Å². The van der Waals surface area contributed by atoms with Gasteiger partial charge in [0.1, 0.15) is 0 Å². The molecule has 0 unspecified atom stereocenters. The van der Waals surface area contributed by atoms with Crippen LogP contribution in [0.3, 0.4) is 0 Å². The molecular weight excluding hydrogens is 284 g/mol. The molecule has 23 heavy (non-hydrogen) atoms. The largest absolute Gasteiger partial charge is 0.264 e. The van der Waals surface area contributed by atoms with E-state index in [1.165, 1.54) is 11.1 Å². The van der Waals surface area contributed by atoms with Crippen LogP contribution in [0.4, 0.5) is 0 Å². The summed E-state index contributed by atoms with van der Waals surface area (Å²) in [6.45, 7) is 9.46. The molecule has 120 valence electrons. The maximum absolute atomic E-state index is 4.94. The highest BCUT2D eigenvalue weighted by Gasteiger charge is 2.16. The van der Waals surface area contributed by atoms with Crippen molar-refractivity contribution in [3.63, 3.8) is 0 Å². The van der Waals surface area contributed by atoms with Crippen LogP contribution in [0.15, 0.2) is 30.7 Å². The highest BCUT2D eigenvalue weighted by molar-refractivity contribution is 5.92. The molecule has 4 nitrogen and oxygen atoms in total. The fourth-order valence-electron chi connectivity index (χ4n) is 3.16. The summed E-state index contributed by atoms with van der Waals surface area (Å²) in [6, 6.07) is 4.42. The van der Waals surface area contributed by atoms with Crippen molar-refractivity contribution < 1.29 is 0 Å². The second kappa shape index (κ2) is 6.49. The van der Waals surface area contributed by atoms with E-state index in [-0.39, 0.29) is 0 Å². The molecule has 3 heterocycles. The summed E-state index contributed by atoms with van der Waals surface area (Å²) in [4.78, 5) is 9.30. The average molecular weight is 308 g/mol. The highest BCUT2D eigenvalue weighted by Crippen LogP contribution is 2.32. The van der Waals surface area contributed by atoms with Crippen LogP contribution in [-0.2, 0) is 6.54 Å². The van der Waals surface area contributed by atoms with Crippen LogP contribution in [0.25, 0.3) is 22.2 Å². The number of fused-ring (bicyclic) bond motifs is 1. The van der Waals surface area contributed by atoms with Crippen molar-refractivity contribution in [2.75, 3.05) is 0 Å². The van der Waals surface area contributed by atoms with Crippen LogP contribution >= 0.6 is 0 Å². The molecule has 0 aliphatic carbocycles. The molecular formula is C19H24N4. The normalized spacial score (nSPS) is 11.5. The van der Waals surface area contributed by atoms with Gasteiger partial charge < -0.3 is 0 Å². The fraction of sp³-hybridized carbons (Fsp3) is 0.421. The zero-order valence-electron chi connectivity index (χ0n) is 14.4. The Hall–Kier alpha value is -2.23. The number of aromatic nitrogens is 4. The van der Waals surface area contributed by atoms with Crippen molar-refractivity contribution in [2.24, 2.45) is 0 Å². The standard InChI is InChI=1S/C19H24N4/c1-5-14(6-2)18-9-16(15-8-13(4)10-20-11-15)17-12-21-23(7-3)19(17)22-18/h8-12,14H,5-7H2,1-4H3. The molecule has 0 bridgehead atoms. The van der Waals surface area contributed by atoms with Gasteiger partial charge in [0.05, 0.1) is 6.20 Å². The number of pyridine rings is 2. The van der Waals surface area contributed by atoms with Crippen molar-refractivity contribution >= 4 is 11.0 Å². The summed E-state index contributed by atoms with van der Waals surface area (Å²) >= 11 is 0. The Morgan fingerprint density at radius 2 is 1.83 bits per heavy atom. The van der Waals surface area contributed by atoms with Crippen molar-refractivity contribution in [1.29, 1.82) is 0 Å². The lowest BCUT2D eigenvalue weighted by molar-refractivity contribution is 0.619. The molecule has 0 saturated heterocycles. The van der Waals surface area contributed by atoms with Crippen molar-refractivity contribution in [3.8, 4) is 11.1 Å². The molecule has 0 saturated carbocycles. The summed E-state index contributed by atoms with van der Waals surface area (Å²) in [5.74, 6) is 0.483. The summed E-state index contributed by atoms with van der Waals surface area (Å²) in [7, 11) is 0. The number of hydrogen-bond donors (Lipinski definition) is 0. The fourth-order valence-corrected chi connectivity index (χ4v) is 3.16. The summed E-state index contributed by atoms with van der Waals surface area (Å²) in [6.07, 6.45) is 7.95. The SMILES string of the molecule is CCC(CC)c1cc(-c2cncc(C)c2)c2cnn(CC)c2n1. The van der Waals surface area contributed by atoms with E-state index in [2.05, 4.69) is 49.9 Å². The molecule has 3 rings (SSSR count). The number of nitrogens with zero attached hydrogens (tertiary/aromatic N) is 4. The Morgan fingerprint density at radius 3 is 2.48 bits per heavy atom. The first-order valence-corrected chi connectivity index (χ1v) is 8.46. The molecule has 0 aliphatic heterocycles. The van der Waals surface area contributed by atoms with Gasteiger partial charge in [-0.3, -0.25) is 4.98 Å². The summed E-state index contributed by atoms with van der Waals surface area (Å²) < 4.78 is 1.98. The second-order valence-electron chi connectivity index (χ2n) is 6.06. The van der Waals surface area contributed by atoms with Gasteiger partial charge in [-0.15, -0.1) is 0 Å². The molecule has 0 atom stereocenters. The van der Waals surface area contributed by atoms with Crippen molar-refractivity contribution in [1.82, 2.24) is 19.7 Å². The molecule has 0 aliphatic rings. The Kier molecular flexibility index (Phi) is 4.42. The molecule has 0 aromatic carbocycles. The van der Waals surface area contributed by atoms with Crippen LogP contribution in [0, 0.1) is 6.92 Å². The Balaban J connectivity index is 2.28. The topological polar surface area (TPSA) is 43.6 Å². The number of aryl methyl sites for hydroxylation is 2. The monoisotopic (exact) mass is 308 g/mol. The third-order valence-corrected chi connectivity index (χ3v) is 4.52. The smallest absolute Gasteiger partial charge is 0.158 e. The Labute approximate surface area is 137 Å². The van der Waals surface area contributed by atoms with Gasteiger partial charge in [-0.1, -0.05) is 13.8 Å². The Bertz CT molecular complexity index is 815. The lowest BCUT2D eigenvalue weighted by Gasteiger charge is -2.15. The second-order valence-corrected chi connectivity index (χ2v) is 6.06. The van der Waals surface area contributed by atoms with E-state index < -0.39 is 0 Å². The van der Waals surface area contributed by atoms with Crippen molar-refractivity contribution in [2.45, 2.75) is 53.0 Å². The summed E-state index contributed by atoms with van der Waals surface area (Å²) in [5.41, 5.74) is 5.63. The molecule has 3 aromatic heterocycles. The maximum Gasteiger partial charge on any atom is 0.158 e. The van der Waals surface area contributed by atoms with Gasteiger partial charge in [0.25, 0.3) is 0 Å². The molecule has 0 N–H and O–H groups in total. The highest BCUT2D eigenvalue weighted by atomic mass is 15.3. The average Bonchev–Trinajstić information content (AvgIpc) is 2.98. The minimum atomic E-state index is 0.483. The van der Waals surface area contributed by atoms with Gasteiger partial charge in [0.2, 0.25) is 0 Å². The Morgan fingerprint density at radius 1 is 1.04 bits per heavy atom. The number of hydrogen-bond acceptors (Lipinski definition) is 3. The predicted octanol–water partition coefficient (Wildman–Crippen LogP) is 4.73. The number of rotatable bonds is 5. The predicted molar refractivity (Wildman–Crippen MR) is 94.5 cm³/mol. The van der Waals surface area contributed by atoms with E-state index in [4.69, 9.17) is 4.98 Å². The molecule has 3 aromatic rings. The molecule has 0 amide bonds. The van der Waals surface area contributed by atoms with E-state index in [0.29, 0.717) is 5.92 Å². The first-order chi connectivity index (χ1) is 11.2. The zero-order valence-corrected chi connectivity index (χ0v) is 14.4. The van der Waals surface area contributed by atoms with Crippen LogP contribution < -0.4 is 0 Å². The lowest BCUT2D eigenvalue weighted by atomic mass is 9.95. The lowest BCUT2D eigenvalue weighted by Crippen LogP contribution is -2.04. The van der Waals surface area contributed by atoms with Gasteiger partial charge in [-0.25, -0.2) is 9.67 Å². The molecule has 4 heteroatoms. The maximum atomic E-state index is 4.94. The van der Waals surface area contributed by atoms with Crippen LogP contribution in [0.5, 0.6) is 0 Å². The van der Waals surface area contributed by atoms with Gasteiger partial charge >= 0.3 is 0 Å². The summed E-state index contributed by atoms with van der Waals surface area (Å²) in [5, 5.41) is 5.61. The van der Waals surface area contributed by atoms with E-state index in [9.17, 15) is 0 Å². The minimum Gasteiger partial charge on any atom is -0.264 e. The van der Waals surface area contributed by atoms with E-state index in [1.807, 2.05) is 23.3 Å². The van der Waals surface area contributed by atoms with E-state index in [0.717, 1.165) is 41.7 Å². The van der Waals surface area contributed by atoms with Crippen LogP contribution in [0.1, 0.15) is 50.8 Å². The molecule has 0 radical (unpaired) electrons. The third kappa shape index (κ3) is 2.85. The van der Waals surface area contributed by atoms with Gasteiger partial charge in [0, 0.05) is 41.5 Å². The first-order valence-electron chi connectivity index (χ1n) is 8.46. The quantitative estimate of drug-likeness (QED) is 0.684. The molecule has 0 spiro atoms. The third-order valence-electron chi connectivity index (χ3n) is 4.52. The molecule has 0 fully saturated rings. The zero-order chi connectivity index (χ0) is 16.4. The van der Waals surface area contributed by atoms with E-state index in [1.54, 1.807) is 0 Å². The van der Waals surface area contributed by atoms with E-state index >= 15 is 0 Å². The van der Waals surface area contributed by atoms with Gasteiger partial charge in [0.15, 0.2) is 5.65 Å².